The minimum absolute atomic E-state index is 0.0359. The van der Waals surface area contributed by atoms with Gasteiger partial charge in [0.2, 0.25) is 11.8 Å². The first-order chi connectivity index (χ1) is 9.40. The molecule has 20 heavy (non-hydrogen) atoms. The number of hydrogen-bond acceptors (Lipinski definition) is 2. The van der Waals surface area contributed by atoms with Gasteiger partial charge in [-0.25, -0.2) is 4.39 Å². The Morgan fingerprint density at radius 1 is 1.40 bits per heavy atom. The van der Waals surface area contributed by atoms with Crippen LogP contribution in [-0.4, -0.2) is 24.4 Å². The molecule has 1 aliphatic rings. The van der Waals surface area contributed by atoms with Crippen molar-refractivity contribution in [2.24, 2.45) is 5.92 Å². The summed E-state index contributed by atoms with van der Waals surface area (Å²) in [5.41, 5.74) is 0.431. The summed E-state index contributed by atoms with van der Waals surface area (Å²) in [6.07, 6.45) is 0.197. The van der Waals surface area contributed by atoms with Gasteiger partial charge >= 0.3 is 0 Å². The minimum Gasteiger partial charge on any atom is -0.344 e. The zero-order valence-electron chi connectivity index (χ0n) is 11.3. The van der Waals surface area contributed by atoms with E-state index in [2.05, 4.69) is 5.32 Å². The number of carbonyl (C=O) groups excluding carboxylic acids is 2. The summed E-state index contributed by atoms with van der Waals surface area (Å²) in [7, 11) is 0. The Morgan fingerprint density at radius 3 is 2.70 bits per heavy atom. The number of nitrogens with one attached hydrogen (secondary N) is 1. The lowest BCUT2D eigenvalue weighted by Crippen LogP contribution is -2.47. The van der Waals surface area contributed by atoms with Gasteiger partial charge < -0.3 is 10.2 Å². The van der Waals surface area contributed by atoms with Crippen molar-refractivity contribution in [2.45, 2.75) is 26.3 Å². The number of amides is 2. The van der Waals surface area contributed by atoms with E-state index in [0.717, 1.165) is 6.07 Å². The third-order valence-electron chi connectivity index (χ3n) is 3.28. The van der Waals surface area contributed by atoms with Crippen molar-refractivity contribution < 1.29 is 14.0 Å². The Morgan fingerprint density at radius 2 is 2.10 bits per heavy atom. The van der Waals surface area contributed by atoms with Gasteiger partial charge in [0.1, 0.15) is 11.9 Å². The number of anilines is 1. The molecule has 0 saturated carbocycles. The Balaban J connectivity index is 2.38. The molecule has 1 unspecified atom stereocenters. The molecule has 0 aliphatic carbocycles. The highest BCUT2D eigenvalue weighted by molar-refractivity contribution is 6.34. The highest BCUT2D eigenvalue weighted by Crippen LogP contribution is 2.28. The lowest BCUT2D eigenvalue weighted by Gasteiger charge is -2.26. The second-order valence-electron chi connectivity index (χ2n) is 5.12. The predicted molar refractivity (Wildman–Crippen MR) is 75.1 cm³/mol. The molecule has 2 rings (SSSR count). The van der Waals surface area contributed by atoms with Gasteiger partial charge in [0.15, 0.2) is 0 Å². The average molecular weight is 299 g/mol. The van der Waals surface area contributed by atoms with Crippen LogP contribution in [0.25, 0.3) is 0 Å². The largest absolute Gasteiger partial charge is 0.344 e. The van der Waals surface area contributed by atoms with Gasteiger partial charge in [-0.1, -0.05) is 25.4 Å². The molecule has 1 heterocycles. The van der Waals surface area contributed by atoms with E-state index in [1.165, 1.54) is 17.0 Å². The van der Waals surface area contributed by atoms with E-state index < -0.39 is 11.9 Å². The van der Waals surface area contributed by atoms with Gasteiger partial charge in [-0.05, 0) is 24.1 Å². The first-order valence-electron chi connectivity index (χ1n) is 6.46. The van der Waals surface area contributed by atoms with E-state index in [-0.39, 0.29) is 35.7 Å². The second-order valence-corrected chi connectivity index (χ2v) is 5.53. The molecule has 1 N–H and O–H groups in total. The predicted octanol–water partition coefficient (Wildman–Crippen LogP) is 2.36. The topological polar surface area (TPSA) is 49.4 Å². The quantitative estimate of drug-likeness (QED) is 0.911. The van der Waals surface area contributed by atoms with Gasteiger partial charge in [0, 0.05) is 13.0 Å². The smallest absolute Gasteiger partial charge is 0.249 e. The number of halogens is 2. The van der Waals surface area contributed by atoms with E-state index in [9.17, 15) is 14.0 Å². The zero-order chi connectivity index (χ0) is 14.9. The second kappa shape index (κ2) is 5.79. The van der Waals surface area contributed by atoms with E-state index in [4.69, 9.17) is 11.6 Å². The maximum Gasteiger partial charge on any atom is 0.249 e. The third-order valence-corrected chi connectivity index (χ3v) is 3.58. The average Bonchev–Trinajstić information content (AvgIpc) is 2.50. The van der Waals surface area contributed by atoms with Gasteiger partial charge in [-0.15, -0.1) is 0 Å². The number of nitrogens with zero attached hydrogens (tertiary/aromatic N) is 1. The van der Waals surface area contributed by atoms with Gasteiger partial charge in [0.25, 0.3) is 0 Å². The molecule has 0 radical (unpaired) electrons. The van der Waals surface area contributed by atoms with Crippen molar-refractivity contribution in [3.8, 4) is 0 Å². The molecule has 6 heteroatoms. The molecule has 0 spiro atoms. The highest BCUT2D eigenvalue weighted by Gasteiger charge is 2.33. The van der Waals surface area contributed by atoms with Crippen LogP contribution in [-0.2, 0) is 9.59 Å². The molecule has 1 saturated heterocycles. The number of benzene rings is 1. The molecule has 108 valence electrons. The fourth-order valence-corrected chi connectivity index (χ4v) is 2.46. The van der Waals surface area contributed by atoms with Crippen molar-refractivity contribution in [2.75, 3.05) is 11.4 Å². The number of hydrogen-bond donors (Lipinski definition) is 1. The van der Waals surface area contributed by atoms with Crippen LogP contribution in [0.5, 0.6) is 0 Å². The van der Waals surface area contributed by atoms with E-state index >= 15 is 0 Å². The first-order valence-corrected chi connectivity index (χ1v) is 6.83. The SMILES string of the molecule is CC(C)C1NC(=O)CCN(c2ccc(F)cc2Cl)C1=O. The molecular weight excluding hydrogens is 283 g/mol. The fraction of sp³-hybridized carbons (Fsp3) is 0.429. The maximum absolute atomic E-state index is 13.1. The van der Waals surface area contributed by atoms with Gasteiger partial charge in [-0.3, -0.25) is 9.59 Å². The van der Waals surface area contributed by atoms with E-state index in [1.54, 1.807) is 0 Å². The summed E-state index contributed by atoms with van der Waals surface area (Å²) in [6, 6.07) is 3.28. The molecule has 1 aromatic rings. The van der Waals surface area contributed by atoms with Crippen LogP contribution in [0.15, 0.2) is 18.2 Å². The van der Waals surface area contributed by atoms with Gasteiger partial charge in [-0.2, -0.15) is 0 Å². The van der Waals surface area contributed by atoms with Crippen LogP contribution >= 0.6 is 11.6 Å². The molecule has 1 aromatic carbocycles. The van der Waals surface area contributed by atoms with Crippen molar-refractivity contribution >= 4 is 29.1 Å². The summed E-state index contributed by atoms with van der Waals surface area (Å²) >= 11 is 6.01. The Kier molecular flexibility index (Phi) is 4.28. The Labute approximate surface area is 121 Å². The van der Waals surface area contributed by atoms with Crippen molar-refractivity contribution in [1.29, 1.82) is 0 Å². The van der Waals surface area contributed by atoms with Gasteiger partial charge in [0.05, 0.1) is 10.7 Å². The Bertz CT molecular complexity index is 548. The molecule has 1 atom stereocenters. The normalized spacial score (nSPS) is 20.1. The van der Waals surface area contributed by atoms with Crippen molar-refractivity contribution in [1.82, 2.24) is 5.32 Å². The fourth-order valence-electron chi connectivity index (χ4n) is 2.19. The van der Waals surface area contributed by atoms with Crippen LogP contribution in [0.1, 0.15) is 20.3 Å². The van der Waals surface area contributed by atoms with Crippen LogP contribution in [0.4, 0.5) is 10.1 Å². The first kappa shape index (κ1) is 14.8. The summed E-state index contributed by atoms with van der Waals surface area (Å²) < 4.78 is 13.1. The monoisotopic (exact) mass is 298 g/mol. The van der Waals surface area contributed by atoms with Crippen LogP contribution < -0.4 is 10.2 Å². The summed E-state index contributed by atoms with van der Waals surface area (Å²) in [5, 5.41) is 2.87. The van der Waals surface area contributed by atoms with Crippen LogP contribution in [0.2, 0.25) is 5.02 Å². The molecule has 2 amide bonds. The van der Waals surface area contributed by atoms with Crippen LogP contribution in [0, 0.1) is 11.7 Å². The minimum atomic E-state index is -0.592. The molecule has 0 aromatic heterocycles. The van der Waals surface area contributed by atoms with Crippen molar-refractivity contribution in [3.05, 3.63) is 29.0 Å². The molecular formula is C14H16ClFN2O2. The lowest BCUT2D eigenvalue weighted by atomic mass is 10.0. The lowest BCUT2D eigenvalue weighted by molar-refractivity contribution is -0.126. The number of carbonyl (C=O) groups is 2. The van der Waals surface area contributed by atoms with Crippen molar-refractivity contribution in [3.63, 3.8) is 0 Å². The molecule has 1 aliphatic heterocycles. The third kappa shape index (κ3) is 2.93. The van der Waals surface area contributed by atoms with E-state index in [1.807, 2.05) is 13.8 Å². The van der Waals surface area contributed by atoms with E-state index in [0.29, 0.717) is 5.69 Å². The zero-order valence-corrected chi connectivity index (χ0v) is 12.1. The summed E-state index contributed by atoms with van der Waals surface area (Å²) in [4.78, 5) is 25.7. The summed E-state index contributed by atoms with van der Waals surface area (Å²) in [5.74, 6) is -0.890. The molecule has 0 bridgehead atoms. The summed E-state index contributed by atoms with van der Waals surface area (Å²) in [6.45, 7) is 3.95. The highest BCUT2D eigenvalue weighted by atomic mass is 35.5. The maximum atomic E-state index is 13.1. The number of rotatable bonds is 2. The van der Waals surface area contributed by atoms with Crippen LogP contribution in [0.3, 0.4) is 0 Å². The molecule has 1 fully saturated rings. The Hall–Kier alpha value is -1.62. The standard InChI is InChI=1S/C14H16ClFN2O2/c1-8(2)13-14(20)18(6-5-12(19)17-13)11-4-3-9(16)7-10(11)15/h3-4,7-8,13H,5-6H2,1-2H3,(H,17,19). The molecule has 4 nitrogen and oxygen atoms in total.